The highest BCUT2D eigenvalue weighted by molar-refractivity contribution is 5.73. The molecule has 0 bridgehead atoms. The molecule has 0 aromatic rings. The highest BCUT2D eigenvalue weighted by atomic mass is 16.5. The minimum absolute atomic E-state index is 0.211. The first-order chi connectivity index (χ1) is 6.45. The smallest absolute Gasteiger partial charge is 0.334 e. The summed E-state index contributed by atoms with van der Waals surface area (Å²) in [6.07, 6.45) is -0.991. The van der Waals surface area contributed by atoms with Gasteiger partial charge < -0.3 is 14.6 Å². The number of carbonyl (C=O) groups excluding carboxylic acids is 2. The van der Waals surface area contributed by atoms with Crippen LogP contribution in [0.15, 0.2) is 0 Å². The van der Waals surface area contributed by atoms with Crippen molar-refractivity contribution in [3.8, 4) is 0 Å². The lowest BCUT2D eigenvalue weighted by molar-refractivity contribution is -0.151. The molecule has 0 aromatic heterocycles. The van der Waals surface area contributed by atoms with Crippen LogP contribution in [0.2, 0.25) is 0 Å². The first-order valence-electron chi connectivity index (χ1n) is 4.43. The molecule has 0 radical (unpaired) electrons. The maximum Gasteiger partial charge on any atom is 0.334 e. The van der Waals surface area contributed by atoms with E-state index in [9.17, 15) is 9.59 Å². The van der Waals surface area contributed by atoms with Crippen LogP contribution in [0.5, 0.6) is 0 Å². The van der Waals surface area contributed by atoms with E-state index in [4.69, 9.17) is 5.11 Å². The summed E-state index contributed by atoms with van der Waals surface area (Å²) in [4.78, 5) is 20.1. The Labute approximate surface area is 84.0 Å². The molecule has 0 aliphatic rings. The zero-order valence-electron chi connectivity index (χ0n) is 9.07. The standard InChI is InChI=1S/C5H10O3.C4H8O2/c1-3-8-5(7)4(2)6;1-3-6-4(2)5/h4,6H,3H2,1-2H3;3H2,1-2H3. The molecule has 0 aliphatic heterocycles. The lowest BCUT2D eigenvalue weighted by Crippen LogP contribution is -2.18. The van der Waals surface area contributed by atoms with E-state index in [1.165, 1.54) is 13.8 Å². The zero-order chi connectivity index (χ0) is 11.6. The number of rotatable bonds is 3. The molecular weight excluding hydrogens is 188 g/mol. The molecule has 14 heavy (non-hydrogen) atoms. The molecule has 0 amide bonds. The fourth-order valence-corrected chi connectivity index (χ4v) is 0.466. The van der Waals surface area contributed by atoms with Crippen molar-refractivity contribution < 1.29 is 24.2 Å². The fourth-order valence-electron chi connectivity index (χ4n) is 0.466. The second-order valence-corrected chi connectivity index (χ2v) is 2.35. The van der Waals surface area contributed by atoms with Crippen molar-refractivity contribution >= 4 is 11.9 Å². The predicted octanol–water partition coefficient (Wildman–Crippen LogP) is 0.500. The van der Waals surface area contributed by atoms with Gasteiger partial charge >= 0.3 is 11.9 Å². The van der Waals surface area contributed by atoms with E-state index in [1.54, 1.807) is 13.8 Å². The van der Waals surface area contributed by atoms with Crippen LogP contribution in [0.4, 0.5) is 0 Å². The number of esters is 2. The molecular formula is C9H18O5. The largest absolute Gasteiger partial charge is 0.466 e. The van der Waals surface area contributed by atoms with Crippen molar-refractivity contribution in [1.29, 1.82) is 0 Å². The number of hydrogen-bond acceptors (Lipinski definition) is 5. The summed E-state index contributed by atoms with van der Waals surface area (Å²) in [5.41, 5.74) is 0. The van der Waals surface area contributed by atoms with Gasteiger partial charge in [0, 0.05) is 6.92 Å². The Kier molecular flexibility index (Phi) is 11.0. The molecule has 0 fully saturated rings. The third-order valence-corrected chi connectivity index (χ3v) is 0.975. The minimum Gasteiger partial charge on any atom is -0.466 e. The number of aliphatic hydroxyl groups is 1. The Bertz CT molecular complexity index is 165. The molecule has 1 unspecified atom stereocenters. The molecule has 0 aromatic carbocycles. The second kappa shape index (κ2) is 9.98. The van der Waals surface area contributed by atoms with Crippen molar-refractivity contribution in [2.75, 3.05) is 13.2 Å². The maximum atomic E-state index is 10.3. The number of hydrogen-bond donors (Lipinski definition) is 1. The Balaban J connectivity index is 0. The van der Waals surface area contributed by atoms with Crippen LogP contribution >= 0.6 is 0 Å². The molecule has 0 spiro atoms. The van der Waals surface area contributed by atoms with Gasteiger partial charge in [-0.25, -0.2) is 4.79 Å². The Morgan fingerprint density at radius 2 is 1.64 bits per heavy atom. The van der Waals surface area contributed by atoms with Crippen LogP contribution in [0.25, 0.3) is 0 Å². The molecule has 5 nitrogen and oxygen atoms in total. The van der Waals surface area contributed by atoms with E-state index < -0.39 is 12.1 Å². The van der Waals surface area contributed by atoms with E-state index >= 15 is 0 Å². The molecule has 1 atom stereocenters. The SMILES string of the molecule is CCOC(=O)C(C)O.CCOC(C)=O. The second-order valence-electron chi connectivity index (χ2n) is 2.35. The van der Waals surface area contributed by atoms with E-state index in [-0.39, 0.29) is 5.97 Å². The predicted molar refractivity (Wildman–Crippen MR) is 50.6 cm³/mol. The molecule has 0 heterocycles. The summed E-state index contributed by atoms with van der Waals surface area (Å²) in [6, 6.07) is 0. The molecule has 0 saturated heterocycles. The van der Waals surface area contributed by atoms with Gasteiger partial charge in [-0.2, -0.15) is 0 Å². The highest BCUT2D eigenvalue weighted by Gasteiger charge is 2.07. The average molecular weight is 206 g/mol. The summed E-state index contributed by atoms with van der Waals surface area (Å²) in [5.74, 6) is -0.773. The van der Waals surface area contributed by atoms with Gasteiger partial charge in [0.05, 0.1) is 13.2 Å². The van der Waals surface area contributed by atoms with Gasteiger partial charge in [-0.1, -0.05) is 0 Å². The van der Waals surface area contributed by atoms with Gasteiger partial charge in [0.1, 0.15) is 6.10 Å². The van der Waals surface area contributed by atoms with Gasteiger partial charge in [0.2, 0.25) is 0 Å². The Morgan fingerprint density at radius 3 is 1.71 bits per heavy atom. The molecule has 0 saturated carbocycles. The third-order valence-electron chi connectivity index (χ3n) is 0.975. The normalized spacial score (nSPS) is 10.6. The van der Waals surface area contributed by atoms with Crippen LogP contribution in [0.1, 0.15) is 27.7 Å². The van der Waals surface area contributed by atoms with Gasteiger partial charge in [0.25, 0.3) is 0 Å². The van der Waals surface area contributed by atoms with Crippen LogP contribution in [0, 0.1) is 0 Å². The lowest BCUT2D eigenvalue weighted by atomic mass is 10.4. The van der Waals surface area contributed by atoms with Crippen LogP contribution in [0.3, 0.4) is 0 Å². The van der Waals surface area contributed by atoms with Crippen molar-refractivity contribution in [3.05, 3.63) is 0 Å². The number of carbonyl (C=O) groups is 2. The first-order valence-corrected chi connectivity index (χ1v) is 4.43. The average Bonchev–Trinajstić information content (AvgIpc) is 2.05. The lowest BCUT2D eigenvalue weighted by Gasteiger charge is -2.01. The monoisotopic (exact) mass is 206 g/mol. The van der Waals surface area contributed by atoms with Gasteiger partial charge in [-0.3, -0.25) is 4.79 Å². The topological polar surface area (TPSA) is 72.8 Å². The van der Waals surface area contributed by atoms with Crippen LogP contribution in [-0.2, 0) is 19.1 Å². The van der Waals surface area contributed by atoms with Gasteiger partial charge in [-0.05, 0) is 20.8 Å². The molecule has 1 N–H and O–H groups in total. The summed E-state index contributed by atoms with van der Waals surface area (Å²) in [6.45, 7) is 7.04. The third kappa shape index (κ3) is 13.5. The molecule has 84 valence electrons. The molecule has 5 heteroatoms. The summed E-state index contributed by atoms with van der Waals surface area (Å²) in [7, 11) is 0. The van der Waals surface area contributed by atoms with Crippen LogP contribution in [-0.4, -0.2) is 36.4 Å². The highest BCUT2D eigenvalue weighted by Crippen LogP contribution is 1.84. The van der Waals surface area contributed by atoms with Crippen molar-refractivity contribution in [1.82, 2.24) is 0 Å². The fraction of sp³-hybridized carbons (Fsp3) is 0.778. The van der Waals surface area contributed by atoms with Crippen molar-refractivity contribution in [2.24, 2.45) is 0 Å². The number of aliphatic hydroxyl groups excluding tert-OH is 1. The first kappa shape index (κ1) is 15.4. The Hall–Kier alpha value is -1.10. The summed E-state index contributed by atoms with van der Waals surface area (Å²) < 4.78 is 8.82. The van der Waals surface area contributed by atoms with E-state index in [0.29, 0.717) is 13.2 Å². The van der Waals surface area contributed by atoms with E-state index in [2.05, 4.69) is 9.47 Å². The minimum atomic E-state index is -0.991. The van der Waals surface area contributed by atoms with Crippen molar-refractivity contribution in [2.45, 2.75) is 33.8 Å². The summed E-state index contributed by atoms with van der Waals surface area (Å²) >= 11 is 0. The molecule has 0 rings (SSSR count). The van der Waals surface area contributed by atoms with Crippen LogP contribution < -0.4 is 0 Å². The van der Waals surface area contributed by atoms with Gasteiger partial charge in [-0.15, -0.1) is 0 Å². The van der Waals surface area contributed by atoms with Crippen molar-refractivity contribution in [3.63, 3.8) is 0 Å². The van der Waals surface area contributed by atoms with E-state index in [0.717, 1.165) is 0 Å². The number of ether oxygens (including phenoxy) is 2. The molecule has 0 aliphatic carbocycles. The zero-order valence-corrected chi connectivity index (χ0v) is 9.07. The quantitative estimate of drug-likeness (QED) is 0.681. The van der Waals surface area contributed by atoms with Gasteiger partial charge in [0.15, 0.2) is 0 Å². The Morgan fingerprint density at radius 1 is 1.21 bits per heavy atom. The maximum absolute atomic E-state index is 10.3. The summed E-state index contributed by atoms with van der Waals surface area (Å²) in [5, 5.41) is 8.48. The van der Waals surface area contributed by atoms with E-state index in [1.807, 2.05) is 0 Å².